The van der Waals surface area contributed by atoms with Crippen LogP contribution in [0.15, 0.2) is 42.5 Å². The standard InChI is InChI=1S/C14H7N3O6/c18-15(19)10-5-1-3-8-7-12(17(22)23)14-9(13(8)10)4-2-6-11(14)16(20)21/h1-7H. The van der Waals surface area contributed by atoms with Crippen molar-refractivity contribution in [3.8, 4) is 0 Å². The van der Waals surface area contributed by atoms with Gasteiger partial charge in [-0.1, -0.05) is 24.3 Å². The molecule has 0 saturated heterocycles. The monoisotopic (exact) mass is 313 g/mol. The predicted octanol–water partition coefficient (Wildman–Crippen LogP) is 3.72. The van der Waals surface area contributed by atoms with E-state index in [4.69, 9.17) is 0 Å². The minimum Gasteiger partial charge on any atom is -0.258 e. The Balaban J connectivity index is 2.66. The van der Waals surface area contributed by atoms with Crippen molar-refractivity contribution < 1.29 is 14.8 Å². The average molecular weight is 313 g/mol. The molecule has 3 aromatic rings. The predicted molar refractivity (Wildman–Crippen MR) is 81.4 cm³/mol. The molecule has 23 heavy (non-hydrogen) atoms. The number of rotatable bonds is 3. The Morgan fingerprint density at radius 3 is 1.74 bits per heavy atom. The van der Waals surface area contributed by atoms with Crippen LogP contribution in [0.4, 0.5) is 17.1 Å². The van der Waals surface area contributed by atoms with Crippen molar-refractivity contribution in [3.05, 3.63) is 72.8 Å². The second-order valence-corrected chi connectivity index (χ2v) is 4.74. The third-order valence-electron chi connectivity index (χ3n) is 3.52. The van der Waals surface area contributed by atoms with Gasteiger partial charge in [-0.05, 0) is 5.39 Å². The number of hydrogen-bond donors (Lipinski definition) is 0. The molecule has 9 nitrogen and oxygen atoms in total. The minimum atomic E-state index is -0.740. The van der Waals surface area contributed by atoms with Crippen LogP contribution in [0.25, 0.3) is 21.5 Å². The third-order valence-corrected chi connectivity index (χ3v) is 3.52. The molecule has 0 N–H and O–H groups in total. The van der Waals surface area contributed by atoms with Crippen LogP contribution >= 0.6 is 0 Å². The summed E-state index contributed by atoms with van der Waals surface area (Å²) < 4.78 is 0. The topological polar surface area (TPSA) is 129 Å². The van der Waals surface area contributed by atoms with Gasteiger partial charge < -0.3 is 0 Å². The summed E-state index contributed by atoms with van der Waals surface area (Å²) in [6, 6.07) is 9.17. The maximum Gasteiger partial charge on any atom is 0.284 e. The van der Waals surface area contributed by atoms with Gasteiger partial charge in [0.15, 0.2) is 0 Å². The van der Waals surface area contributed by atoms with E-state index in [1.54, 1.807) is 0 Å². The van der Waals surface area contributed by atoms with E-state index in [1.165, 1.54) is 30.3 Å². The summed E-state index contributed by atoms with van der Waals surface area (Å²) in [5.74, 6) is 0. The lowest BCUT2D eigenvalue weighted by Crippen LogP contribution is -1.97. The smallest absolute Gasteiger partial charge is 0.258 e. The Bertz CT molecular complexity index is 1010. The molecule has 9 heteroatoms. The Kier molecular flexibility index (Phi) is 3.10. The lowest BCUT2D eigenvalue weighted by atomic mass is 9.98. The zero-order chi connectivity index (χ0) is 16.7. The molecule has 3 aromatic carbocycles. The molecule has 0 bridgehead atoms. The summed E-state index contributed by atoms with van der Waals surface area (Å²) in [5.41, 5.74) is -1.18. The molecule has 0 radical (unpaired) electrons. The fourth-order valence-electron chi connectivity index (χ4n) is 2.66. The summed E-state index contributed by atoms with van der Waals surface area (Å²) in [7, 11) is 0. The largest absolute Gasteiger partial charge is 0.284 e. The van der Waals surface area contributed by atoms with Gasteiger partial charge in [-0.2, -0.15) is 0 Å². The zero-order valence-corrected chi connectivity index (χ0v) is 11.3. The summed E-state index contributed by atoms with van der Waals surface area (Å²) in [4.78, 5) is 31.6. The van der Waals surface area contributed by atoms with Crippen LogP contribution in [0.1, 0.15) is 0 Å². The van der Waals surface area contributed by atoms with Crippen molar-refractivity contribution in [2.75, 3.05) is 0 Å². The number of nitro groups is 3. The normalized spacial score (nSPS) is 10.8. The Morgan fingerprint density at radius 1 is 0.652 bits per heavy atom. The summed E-state index contributed by atoms with van der Waals surface area (Å²) in [5, 5.41) is 34.0. The molecule has 114 valence electrons. The van der Waals surface area contributed by atoms with Gasteiger partial charge in [-0.3, -0.25) is 30.3 Å². The van der Waals surface area contributed by atoms with Gasteiger partial charge in [-0.15, -0.1) is 0 Å². The van der Waals surface area contributed by atoms with Crippen molar-refractivity contribution in [1.82, 2.24) is 0 Å². The van der Waals surface area contributed by atoms with Gasteiger partial charge in [0.25, 0.3) is 17.1 Å². The quantitative estimate of drug-likeness (QED) is 0.411. The van der Waals surface area contributed by atoms with E-state index in [9.17, 15) is 30.3 Å². The molecule has 0 unspecified atom stereocenters. The van der Waals surface area contributed by atoms with E-state index < -0.39 is 26.1 Å². The van der Waals surface area contributed by atoms with Crippen molar-refractivity contribution in [2.24, 2.45) is 0 Å². The van der Waals surface area contributed by atoms with Crippen molar-refractivity contribution in [1.29, 1.82) is 0 Å². The highest BCUT2D eigenvalue weighted by molar-refractivity contribution is 6.17. The highest BCUT2D eigenvalue weighted by Gasteiger charge is 2.26. The number of nitrogens with zero attached hydrogens (tertiary/aromatic N) is 3. The SMILES string of the molecule is O=[N+]([O-])c1cccc2c1c([N+](=O)[O-])cc1cccc([N+](=O)[O-])c12. The van der Waals surface area contributed by atoms with E-state index in [0.717, 1.165) is 12.1 Å². The zero-order valence-electron chi connectivity index (χ0n) is 11.3. The number of non-ortho nitro benzene ring substituents is 3. The molecule has 0 saturated carbocycles. The van der Waals surface area contributed by atoms with E-state index in [0.29, 0.717) is 0 Å². The maximum absolute atomic E-state index is 11.3. The molecule has 0 aliphatic heterocycles. The minimum absolute atomic E-state index is 0.107. The van der Waals surface area contributed by atoms with Crippen LogP contribution in [-0.2, 0) is 0 Å². The Morgan fingerprint density at radius 2 is 1.17 bits per heavy atom. The van der Waals surface area contributed by atoms with E-state index >= 15 is 0 Å². The summed E-state index contributed by atoms with van der Waals surface area (Å²) in [6.07, 6.45) is 0. The maximum atomic E-state index is 11.3. The van der Waals surface area contributed by atoms with Crippen molar-refractivity contribution in [2.45, 2.75) is 0 Å². The highest BCUT2D eigenvalue weighted by atomic mass is 16.6. The first-order chi connectivity index (χ1) is 10.9. The van der Waals surface area contributed by atoms with Crippen LogP contribution in [0, 0.1) is 30.3 Å². The Hall–Kier alpha value is -3.62. The molecule has 0 aliphatic carbocycles. The molecular weight excluding hydrogens is 306 g/mol. The number of fused-ring (bicyclic) bond motifs is 3. The summed E-state index contributed by atoms with van der Waals surface area (Å²) >= 11 is 0. The van der Waals surface area contributed by atoms with Gasteiger partial charge in [0, 0.05) is 23.6 Å². The lowest BCUT2D eigenvalue weighted by Gasteiger charge is -2.06. The molecule has 3 rings (SSSR count). The van der Waals surface area contributed by atoms with Crippen LogP contribution in [0.2, 0.25) is 0 Å². The van der Waals surface area contributed by atoms with Gasteiger partial charge in [0.2, 0.25) is 0 Å². The van der Waals surface area contributed by atoms with Gasteiger partial charge in [0.05, 0.1) is 20.2 Å². The molecule has 0 aliphatic rings. The Labute approximate surface area is 127 Å². The van der Waals surface area contributed by atoms with E-state index in [-0.39, 0.29) is 27.2 Å². The second kappa shape index (κ2) is 4.98. The first-order valence-electron chi connectivity index (χ1n) is 6.33. The van der Waals surface area contributed by atoms with Gasteiger partial charge >= 0.3 is 0 Å². The first kappa shape index (κ1) is 14.3. The molecule has 0 spiro atoms. The number of nitro benzene ring substituents is 3. The lowest BCUT2D eigenvalue weighted by molar-refractivity contribution is -0.390. The average Bonchev–Trinajstić information content (AvgIpc) is 2.52. The van der Waals surface area contributed by atoms with Gasteiger partial charge in [0.1, 0.15) is 5.39 Å². The molecule has 0 fully saturated rings. The van der Waals surface area contributed by atoms with Crippen molar-refractivity contribution >= 4 is 38.6 Å². The first-order valence-corrected chi connectivity index (χ1v) is 6.33. The third kappa shape index (κ3) is 2.11. The fraction of sp³-hybridized carbons (Fsp3) is 0. The molecular formula is C14H7N3O6. The van der Waals surface area contributed by atoms with Crippen LogP contribution in [0.3, 0.4) is 0 Å². The van der Waals surface area contributed by atoms with E-state index in [1.807, 2.05) is 0 Å². The van der Waals surface area contributed by atoms with Gasteiger partial charge in [-0.25, -0.2) is 0 Å². The van der Waals surface area contributed by atoms with Crippen LogP contribution < -0.4 is 0 Å². The summed E-state index contributed by atoms with van der Waals surface area (Å²) in [6.45, 7) is 0. The fourth-order valence-corrected chi connectivity index (χ4v) is 2.66. The van der Waals surface area contributed by atoms with Crippen molar-refractivity contribution in [3.63, 3.8) is 0 Å². The number of benzene rings is 3. The second-order valence-electron chi connectivity index (χ2n) is 4.74. The molecule has 0 amide bonds. The molecule has 0 aromatic heterocycles. The van der Waals surface area contributed by atoms with E-state index in [2.05, 4.69) is 0 Å². The van der Waals surface area contributed by atoms with Crippen LogP contribution in [-0.4, -0.2) is 14.8 Å². The molecule has 0 heterocycles. The number of hydrogen-bond acceptors (Lipinski definition) is 6. The highest BCUT2D eigenvalue weighted by Crippen LogP contribution is 2.41. The molecule has 0 atom stereocenters. The van der Waals surface area contributed by atoms with Crippen LogP contribution in [0.5, 0.6) is 0 Å².